The number of aryl methyl sites for hydroxylation is 2. The smallest absolute Gasteiger partial charge is 0.335 e. The Morgan fingerprint density at radius 2 is 1.88 bits per heavy atom. The van der Waals surface area contributed by atoms with Gasteiger partial charge < -0.3 is 14.2 Å². The first-order valence-corrected chi connectivity index (χ1v) is 12.6. The van der Waals surface area contributed by atoms with Crippen LogP contribution in [0.1, 0.15) is 30.9 Å². The minimum absolute atomic E-state index is 0.0479. The molecular formula is C24H28N2O6S. The summed E-state index contributed by atoms with van der Waals surface area (Å²) in [6, 6.07) is 11.2. The van der Waals surface area contributed by atoms with E-state index in [0.29, 0.717) is 31.7 Å². The van der Waals surface area contributed by atoms with Gasteiger partial charge in [-0.3, -0.25) is 9.71 Å². The maximum atomic E-state index is 13.5. The SMILES string of the molecule is CCOC(=O)C1=CC2(CCC1S(=O)(=O)Nc1ccccc1CCc1ccncc1)OCCO2. The number of para-hydroxylation sites is 1. The van der Waals surface area contributed by atoms with E-state index in [1.165, 1.54) is 6.08 Å². The molecule has 1 aromatic heterocycles. The third-order valence-corrected chi connectivity index (χ3v) is 7.58. The second-order valence-corrected chi connectivity index (χ2v) is 9.88. The maximum absolute atomic E-state index is 13.5. The Hall–Kier alpha value is -2.75. The zero-order valence-electron chi connectivity index (χ0n) is 18.5. The van der Waals surface area contributed by atoms with Crippen molar-refractivity contribution in [3.05, 3.63) is 71.6 Å². The van der Waals surface area contributed by atoms with Crippen molar-refractivity contribution in [2.24, 2.45) is 0 Å². The number of benzene rings is 1. The number of aromatic nitrogens is 1. The molecule has 2 aromatic rings. The van der Waals surface area contributed by atoms with Crippen LogP contribution in [0.2, 0.25) is 0 Å². The molecule has 1 aliphatic heterocycles. The fraction of sp³-hybridized carbons (Fsp3) is 0.417. The van der Waals surface area contributed by atoms with Crippen LogP contribution in [0.25, 0.3) is 0 Å². The number of sulfonamides is 1. The lowest BCUT2D eigenvalue weighted by molar-refractivity contribution is -0.143. The molecule has 0 amide bonds. The van der Waals surface area contributed by atoms with Gasteiger partial charge in [-0.05, 0) is 61.6 Å². The molecule has 1 spiro atoms. The zero-order valence-corrected chi connectivity index (χ0v) is 19.3. The summed E-state index contributed by atoms with van der Waals surface area (Å²) in [5.74, 6) is -1.73. The van der Waals surface area contributed by atoms with E-state index < -0.39 is 27.0 Å². The number of anilines is 1. The summed E-state index contributed by atoms with van der Waals surface area (Å²) in [5, 5.41) is -1.07. The Morgan fingerprint density at radius 3 is 2.61 bits per heavy atom. The third-order valence-electron chi connectivity index (χ3n) is 5.84. The molecule has 1 aliphatic carbocycles. The van der Waals surface area contributed by atoms with Crippen LogP contribution in [0.4, 0.5) is 5.69 Å². The first kappa shape index (κ1) is 23.4. The van der Waals surface area contributed by atoms with Gasteiger partial charge in [0.1, 0.15) is 5.25 Å². The Labute approximate surface area is 194 Å². The van der Waals surface area contributed by atoms with Crippen molar-refractivity contribution in [1.82, 2.24) is 4.98 Å². The highest BCUT2D eigenvalue weighted by Gasteiger charge is 2.46. The van der Waals surface area contributed by atoms with Gasteiger partial charge in [0.05, 0.1) is 31.1 Å². The number of ether oxygens (including phenoxy) is 3. The topological polar surface area (TPSA) is 104 Å². The first-order valence-electron chi connectivity index (χ1n) is 11.1. The van der Waals surface area contributed by atoms with E-state index in [2.05, 4.69) is 9.71 Å². The molecule has 1 unspecified atom stereocenters. The van der Waals surface area contributed by atoms with Gasteiger partial charge in [0.2, 0.25) is 10.0 Å². The molecule has 9 heteroatoms. The minimum atomic E-state index is -3.94. The first-order chi connectivity index (χ1) is 15.9. The molecule has 1 N–H and O–H groups in total. The van der Waals surface area contributed by atoms with Crippen molar-refractivity contribution in [3.8, 4) is 0 Å². The number of nitrogens with zero attached hydrogens (tertiary/aromatic N) is 1. The molecule has 176 valence electrons. The molecule has 1 aromatic carbocycles. The average Bonchev–Trinajstić information content (AvgIpc) is 3.26. The van der Waals surface area contributed by atoms with Gasteiger partial charge in [-0.25, -0.2) is 13.2 Å². The zero-order chi connectivity index (χ0) is 23.3. The van der Waals surface area contributed by atoms with Crippen LogP contribution in [0, 0.1) is 0 Å². The van der Waals surface area contributed by atoms with Crippen molar-refractivity contribution in [2.75, 3.05) is 24.5 Å². The van der Waals surface area contributed by atoms with Gasteiger partial charge in [0.15, 0.2) is 5.79 Å². The fourth-order valence-corrected chi connectivity index (χ4v) is 5.78. The fourth-order valence-electron chi connectivity index (χ4n) is 4.21. The molecule has 1 saturated heterocycles. The molecule has 2 aliphatic rings. The molecule has 1 atom stereocenters. The number of hydrogen-bond acceptors (Lipinski definition) is 7. The van der Waals surface area contributed by atoms with E-state index in [1.807, 2.05) is 24.3 Å². The molecule has 0 radical (unpaired) electrons. The number of rotatable bonds is 8. The lowest BCUT2D eigenvalue weighted by Gasteiger charge is -2.33. The highest BCUT2D eigenvalue weighted by atomic mass is 32.2. The van der Waals surface area contributed by atoms with Gasteiger partial charge in [-0.15, -0.1) is 0 Å². The van der Waals surface area contributed by atoms with E-state index >= 15 is 0 Å². The number of carbonyl (C=O) groups is 1. The van der Waals surface area contributed by atoms with Crippen LogP contribution in [0.15, 0.2) is 60.4 Å². The number of carbonyl (C=O) groups excluding carboxylic acids is 1. The lowest BCUT2D eigenvalue weighted by atomic mass is 9.94. The Kier molecular flexibility index (Phi) is 7.11. The predicted octanol–water partition coefficient (Wildman–Crippen LogP) is 3.00. The average molecular weight is 473 g/mol. The standard InChI is InChI=1S/C24H28N2O6S/c1-2-30-23(27)20-17-24(31-15-16-32-24)12-9-22(20)33(28,29)26-21-6-4-3-5-19(21)8-7-18-10-13-25-14-11-18/h3-6,10-11,13-14,17,22,26H,2,7-9,12,15-16H2,1H3. The molecule has 0 saturated carbocycles. The summed E-state index contributed by atoms with van der Waals surface area (Å²) in [7, 11) is -3.94. The normalized spacial score (nSPS) is 19.8. The van der Waals surface area contributed by atoms with Crippen LogP contribution in [0.3, 0.4) is 0 Å². The van der Waals surface area contributed by atoms with Gasteiger partial charge in [-0.1, -0.05) is 18.2 Å². The van der Waals surface area contributed by atoms with Crippen LogP contribution >= 0.6 is 0 Å². The highest BCUT2D eigenvalue weighted by molar-refractivity contribution is 7.93. The monoisotopic (exact) mass is 472 g/mol. The van der Waals surface area contributed by atoms with Crippen LogP contribution in [-0.4, -0.2) is 50.2 Å². The lowest BCUT2D eigenvalue weighted by Crippen LogP contribution is -2.42. The second kappa shape index (κ2) is 10.0. The number of pyridine rings is 1. The van der Waals surface area contributed by atoms with Gasteiger partial charge in [0, 0.05) is 18.8 Å². The van der Waals surface area contributed by atoms with E-state index in [-0.39, 0.29) is 18.6 Å². The Bertz CT molecular complexity index is 1110. The van der Waals surface area contributed by atoms with Crippen molar-refractivity contribution >= 4 is 21.7 Å². The van der Waals surface area contributed by atoms with Crippen molar-refractivity contribution in [3.63, 3.8) is 0 Å². The number of esters is 1. The van der Waals surface area contributed by atoms with Gasteiger partial charge in [-0.2, -0.15) is 0 Å². The highest BCUT2D eigenvalue weighted by Crippen LogP contribution is 2.37. The van der Waals surface area contributed by atoms with E-state index in [1.54, 1.807) is 31.5 Å². The predicted molar refractivity (Wildman–Crippen MR) is 123 cm³/mol. The molecule has 0 bridgehead atoms. The summed E-state index contributed by atoms with van der Waals surface area (Å²) in [6.07, 6.45) is 6.88. The van der Waals surface area contributed by atoms with E-state index in [4.69, 9.17) is 14.2 Å². The molecule has 2 heterocycles. The Balaban J connectivity index is 1.57. The molecule has 1 fully saturated rings. The van der Waals surface area contributed by atoms with Crippen molar-refractivity contribution < 1.29 is 27.4 Å². The summed E-state index contributed by atoms with van der Waals surface area (Å²) < 4.78 is 46.2. The number of hydrogen-bond donors (Lipinski definition) is 1. The second-order valence-electron chi connectivity index (χ2n) is 8.02. The Morgan fingerprint density at radius 1 is 1.15 bits per heavy atom. The molecular weight excluding hydrogens is 444 g/mol. The van der Waals surface area contributed by atoms with Crippen molar-refractivity contribution in [1.29, 1.82) is 0 Å². The summed E-state index contributed by atoms with van der Waals surface area (Å²) in [5.41, 5.74) is 2.54. The van der Waals surface area contributed by atoms with Gasteiger partial charge >= 0.3 is 5.97 Å². The van der Waals surface area contributed by atoms with Crippen molar-refractivity contribution in [2.45, 2.75) is 43.6 Å². The quantitative estimate of drug-likeness (QED) is 0.589. The van der Waals surface area contributed by atoms with Crippen LogP contribution < -0.4 is 4.72 Å². The third kappa shape index (κ3) is 5.43. The van der Waals surface area contributed by atoms with E-state index in [0.717, 1.165) is 17.5 Å². The van der Waals surface area contributed by atoms with Gasteiger partial charge in [0.25, 0.3) is 0 Å². The molecule has 33 heavy (non-hydrogen) atoms. The van der Waals surface area contributed by atoms with Crippen LogP contribution in [0.5, 0.6) is 0 Å². The summed E-state index contributed by atoms with van der Waals surface area (Å²) in [6.45, 7) is 2.61. The van der Waals surface area contributed by atoms with E-state index in [9.17, 15) is 13.2 Å². The summed E-state index contributed by atoms with van der Waals surface area (Å²) in [4.78, 5) is 16.7. The summed E-state index contributed by atoms with van der Waals surface area (Å²) >= 11 is 0. The minimum Gasteiger partial charge on any atom is -0.463 e. The molecule has 4 rings (SSSR count). The van der Waals surface area contributed by atoms with Crippen LogP contribution in [-0.2, 0) is 41.9 Å². The largest absolute Gasteiger partial charge is 0.463 e. The number of nitrogens with one attached hydrogen (secondary N) is 1. The molecule has 8 nitrogen and oxygen atoms in total. The maximum Gasteiger partial charge on any atom is 0.335 e.